The summed E-state index contributed by atoms with van der Waals surface area (Å²) in [5, 5.41) is 13.0. The van der Waals surface area contributed by atoms with Gasteiger partial charge in [-0.2, -0.15) is 0 Å². The summed E-state index contributed by atoms with van der Waals surface area (Å²) in [5.41, 5.74) is 1.78. The number of carboxylic acids is 1. The monoisotopic (exact) mass is 391 g/mol. The SMILES string of the molecule is COc1cc(Cl)cc(CNC(CC(C)C)C(=O)O)c1OCc1ccccc1. The Kier molecular flexibility index (Phi) is 7.95. The Hall–Kier alpha value is -2.24. The quantitative estimate of drug-likeness (QED) is 0.623. The van der Waals surface area contributed by atoms with Gasteiger partial charge in [-0.25, -0.2) is 0 Å². The van der Waals surface area contributed by atoms with Crippen LogP contribution in [0.4, 0.5) is 0 Å². The van der Waals surface area contributed by atoms with E-state index in [9.17, 15) is 9.90 Å². The van der Waals surface area contributed by atoms with Gasteiger partial charge in [-0.15, -0.1) is 0 Å². The van der Waals surface area contributed by atoms with Gasteiger partial charge in [-0.3, -0.25) is 4.79 Å². The minimum absolute atomic E-state index is 0.265. The number of halogens is 1. The lowest BCUT2D eigenvalue weighted by molar-refractivity contribution is -0.140. The van der Waals surface area contributed by atoms with Gasteiger partial charge in [0.25, 0.3) is 0 Å². The maximum absolute atomic E-state index is 11.5. The first kappa shape index (κ1) is 21.1. The summed E-state index contributed by atoms with van der Waals surface area (Å²) >= 11 is 6.20. The van der Waals surface area contributed by atoms with Gasteiger partial charge in [0.1, 0.15) is 12.6 Å². The van der Waals surface area contributed by atoms with Gasteiger partial charge in [0.05, 0.1) is 7.11 Å². The van der Waals surface area contributed by atoms with E-state index in [1.54, 1.807) is 19.2 Å². The summed E-state index contributed by atoms with van der Waals surface area (Å²) < 4.78 is 11.4. The zero-order chi connectivity index (χ0) is 19.8. The molecule has 0 spiro atoms. The standard InChI is InChI=1S/C21H26ClNO4/c1-14(2)9-18(21(24)25)23-12-16-10-17(22)11-19(26-3)20(16)27-13-15-7-5-4-6-8-15/h4-8,10-11,14,18,23H,9,12-13H2,1-3H3,(H,24,25). The summed E-state index contributed by atoms with van der Waals surface area (Å²) in [6.07, 6.45) is 0.535. The zero-order valence-corrected chi connectivity index (χ0v) is 16.6. The van der Waals surface area contributed by atoms with Crippen LogP contribution in [0.2, 0.25) is 5.02 Å². The van der Waals surface area contributed by atoms with Crippen molar-refractivity contribution in [1.29, 1.82) is 0 Å². The third kappa shape index (κ3) is 6.45. The Bertz CT molecular complexity index is 749. The molecular formula is C21H26ClNO4. The lowest BCUT2D eigenvalue weighted by atomic mass is 10.0. The van der Waals surface area contributed by atoms with Gasteiger partial charge in [-0.05, 0) is 24.0 Å². The van der Waals surface area contributed by atoms with E-state index in [0.717, 1.165) is 11.1 Å². The smallest absolute Gasteiger partial charge is 0.320 e. The highest BCUT2D eigenvalue weighted by molar-refractivity contribution is 6.30. The van der Waals surface area contributed by atoms with Crippen molar-refractivity contribution in [3.63, 3.8) is 0 Å². The molecule has 0 saturated carbocycles. The van der Waals surface area contributed by atoms with Gasteiger partial charge in [0.15, 0.2) is 11.5 Å². The van der Waals surface area contributed by atoms with Crippen molar-refractivity contribution < 1.29 is 19.4 Å². The topological polar surface area (TPSA) is 67.8 Å². The number of hydrogen-bond acceptors (Lipinski definition) is 4. The van der Waals surface area contributed by atoms with Crippen LogP contribution in [0.15, 0.2) is 42.5 Å². The second-order valence-electron chi connectivity index (χ2n) is 6.77. The molecule has 1 atom stereocenters. The van der Waals surface area contributed by atoms with Crippen LogP contribution in [-0.2, 0) is 17.9 Å². The van der Waals surface area contributed by atoms with E-state index in [4.69, 9.17) is 21.1 Å². The number of hydrogen-bond donors (Lipinski definition) is 2. The number of nitrogens with one attached hydrogen (secondary N) is 1. The molecule has 2 aromatic carbocycles. The molecule has 0 radical (unpaired) electrons. The largest absolute Gasteiger partial charge is 0.493 e. The van der Waals surface area contributed by atoms with E-state index in [2.05, 4.69) is 5.32 Å². The molecule has 2 aromatic rings. The summed E-state index contributed by atoms with van der Waals surface area (Å²) in [7, 11) is 1.55. The highest BCUT2D eigenvalue weighted by atomic mass is 35.5. The predicted octanol–water partition coefficient (Wildman–Crippen LogP) is 4.52. The first-order valence-electron chi connectivity index (χ1n) is 8.90. The third-order valence-electron chi connectivity index (χ3n) is 4.09. The normalized spacial score (nSPS) is 12.0. The van der Waals surface area contributed by atoms with E-state index >= 15 is 0 Å². The van der Waals surface area contributed by atoms with Crippen molar-refractivity contribution >= 4 is 17.6 Å². The Morgan fingerprint density at radius 2 is 1.93 bits per heavy atom. The Morgan fingerprint density at radius 1 is 1.22 bits per heavy atom. The maximum Gasteiger partial charge on any atom is 0.320 e. The average molecular weight is 392 g/mol. The fourth-order valence-corrected chi connectivity index (χ4v) is 3.01. The molecule has 2 rings (SSSR count). The fourth-order valence-electron chi connectivity index (χ4n) is 2.78. The summed E-state index contributed by atoms with van der Waals surface area (Å²) in [4.78, 5) is 11.5. The molecule has 0 aliphatic carbocycles. The number of carbonyl (C=O) groups is 1. The molecule has 1 unspecified atom stereocenters. The highest BCUT2D eigenvalue weighted by Gasteiger charge is 2.20. The van der Waals surface area contributed by atoms with Crippen LogP contribution >= 0.6 is 11.6 Å². The van der Waals surface area contributed by atoms with E-state index in [1.807, 2.05) is 44.2 Å². The summed E-state index contributed by atoms with van der Waals surface area (Å²) in [6.45, 7) is 4.67. The molecule has 5 nitrogen and oxygen atoms in total. The van der Waals surface area contributed by atoms with Crippen LogP contribution in [0, 0.1) is 5.92 Å². The van der Waals surface area contributed by atoms with Crippen molar-refractivity contribution in [3.05, 3.63) is 58.6 Å². The average Bonchev–Trinajstić information content (AvgIpc) is 2.64. The van der Waals surface area contributed by atoms with Crippen molar-refractivity contribution in [1.82, 2.24) is 5.32 Å². The molecule has 0 aliphatic heterocycles. The van der Waals surface area contributed by atoms with Crippen molar-refractivity contribution in [2.45, 2.75) is 39.5 Å². The van der Waals surface area contributed by atoms with E-state index in [0.29, 0.717) is 36.1 Å². The molecule has 0 saturated heterocycles. The van der Waals surface area contributed by atoms with Crippen LogP contribution in [0.5, 0.6) is 11.5 Å². The Balaban J connectivity index is 2.20. The second kappa shape index (κ2) is 10.2. The number of rotatable bonds is 10. The number of ether oxygens (including phenoxy) is 2. The van der Waals surface area contributed by atoms with E-state index in [1.165, 1.54) is 0 Å². The molecule has 0 aliphatic rings. The van der Waals surface area contributed by atoms with Gasteiger partial charge in [-0.1, -0.05) is 55.8 Å². The molecule has 0 amide bonds. The first-order chi connectivity index (χ1) is 12.9. The summed E-state index contributed by atoms with van der Waals surface area (Å²) in [6, 6.07) is 12.6. The molecule has 0 bridgehead atoms. The van der Waals surface area contributed by atoms with Crippen LogP contribution in [0.25, 0.3) is 0 Å². The van der Waals surface area contributed by atoms with E-state index in [-0.39, 0.29) is 5.92 Å². The van der Waals surface area contributed by atoms with Crippen molar-refractivity contribution in [2.24, 2.45) is 5.92 Å². The fraction of sp³-hybridized carbons (Fsp3) is 0.381. The minimum atomic E-state index is -0.871. The number of methoxy groups -OCH3 is 1. The predicted molar refractivity (Wildman–Crippen MR) is 106 cm³/mol. The van der Waals surface area contributed by atoms with Crippen LogP contribution in [-0.4, -0.2) is 24.2 Å². The van der Waals surface area contributed by atoms with Crippen molar-refractivity contribution in [3.8, 4) is 11.5 Å². The molecule has 146 valence electrons. The highest BCUT2D eigenvalue weighted by Crippen LogP contribution is 2.35. The van der Waals surface area contributed by atoms with Crippen LogP contribution in [0.1, 0.15) is 31.4 Å². The number of carboxylic acid groups (broad SMARTS) is 1. The van der Waals surface area contributed by atoms with Gasteiger partial charge in [0.2, 0.25) is 0 Å². The second-order valence-corrected chi connectivity index (χ2v) is 7.21. The lowest BCUT2D eigenvalue weighted by Crippen LogP contribution is -2.37. The van der Waals surface area contributed by atoms with Crippen molar-refractivity contribution in [2.75, 3.05) is 7.11 Å². The number of aliphatic carboxylic acids is 1. The minimum Gasteiger partial charge on any atom is -0.493 e. The zero-order valence-electron chi connectivity index (χ0n) is 15.9. The van der Waals surface area contributed by atoms with Crippen LogP contribution < -0.4 is 14.8 Å². The third-order valence-corrected chi connectivity index (χ3v) is 4.30. The van der Waals surface area contributed by atoms with E-state index < -0.39 is 12.0 Å². The number of benzene rings is 2. The lowest BCUT2D eigenvalue weighted by Gasteiger charge is -2.19. The Morgan fingerprint density at radius 3 is 2.52 bits per heavy atom. The van der Waals surface area contributed by atoms with Gasteiger partial charge < -0.3 is 19.9 Å². The molecule has 0 fully saturated rings. The van der Waals surface area contributed by atoms with Crippen LogP contribution in [0.3, 0.4) is 0 Å². The maximum atomic E-state index is 11.5. The summed E-state index contributed by atoms with van der Waals surface area (Å²) in [5.74, 6) is 0.476. The molecular weight excluding hydrogens is 366 g/mol. The molecule has 27 heavy (non-hydrogen) atoms. The van der Waals surface area contributed by atoms with Gasteiger partial charge >= 0.3 is 5.97 Å². The van der Waals surface area contributed by atoms with Gasteiger partial charge in [0, 0.05) is 23.2 Å². The molecule has 2 N–H and O–H groups in total. The molecule has 6 heteroatoms. The Labute approximate surface area is 165 Å². The first-order valence-corrected chi connectivity index (χ1v) is 9.27. The molecule has 0 heterocycles. The molecule has 0 aromatic heterocycles.